The predicted octanol–water partition coefficient (Wildman–Crippen LogP) is 2.02. The maximum Gasteiger partial charge on any atom is 0.408 e. The van der Waals surface area contributed by atoms with Gasteiger partial charge in [-0.15, -0.1) is 11.3 Å². The molecule has 1 atom stereocenters. The van der Waals surface area contributed by atoms with Crippen LogP contribution in [0.4, 0.5) is 9.93 Å². The number of carbonyl (C=O) groups excluding carboxylic acids is 2. The number of nitrogens with one attached hydrogen (secondary N) is 1. The summed E-state index contributed by atoms with van der Waals surface area (Å²) in [7, 11) is 1.62. The van der Waals surface area contributed by atoms with Crippen LogP contribution >= 0.6 is 11.3 Å². The van der Waals surface area contributed by atoms with Crippen LogP contribution in [-0.2, 0) is 9.53 Å². The van der Waals surface area contributed by atoms with Crippen molar-refractivity contribution in [3.63, 3.8) is 0 Å². The smallest absolute Gasteiger partial charge is 0.408 e. The summed E-state index contributed by atoms with van der Waals surface area (Å²) in [6.45, 7) is 6.90. The van der Waals surface area contributed by atoms with Crippen LogP contribution in [-0.4, -0.2) is 35.7 Å². The van der Waals surface area contributed by atoms with Crippen molar-refractivity contribution in [2.45, 2.75) is 39.3 Å². The molecule has 7 heteroatoms. The van der Waals surface area contributed by atoms with Crippen LogP contribution in [0.15, 0.2) is 11.6 Å². The summed E-state index contributed by atoms with van der Waals surface area (Å²) >= 11 is 1.36. The molecule has 1 aromatic heterocycles. The summed E-state index contributed by atoms with van der Waals surface area (Å²) in [4.78, 5) is 29.1. The number of anilines is 1. The second-order valence-electron chi connectivity index (χ2n) is 5.08. The van der Waals surface area contributed by atoms with E-state index < -0.39 is 17.7 Å². The van der Waals surface area contributed by atoms with Crippen molar-refractivity contribution >= 4 is 28.5 Å². The van der Waals surface area contributed by atoms with Crippen molar-refractivity contribution in [2.24, 2.45) is 0 Å². The zero-order chi connectivity index (χ0) is 14.6. The van der Waals surface area contributed by atoms with E-state index in [4.69, 9.17) is 4.74 Å². The third kappa shape index (κ3) is 4.86. The summed E-state index contributed by atoms with van der Waals surface area (Å²) in [6.07, 6.45) is 1.01. The van der Waals surface area contributed by atoms with Crippen LogP contribution in [0.2, 0.25) is 0 Å². The summed E-state index contributed by atoms with van der Waals surface area (Å²) < 4.78 is 5.10. The molecule has 106 valence electrons. The Morgan fingerprint density at radius 3 is 2.58 bits per heavy atom. The maximum atomic E-state index is 12.1. The van der Waals surface area contributed by atoms with Gasteiger partial charge in [0.1, 0.15) is 11.6 Å². The Morgan fingerprint density at radius 1 is 1.47 bits per heavy atom. The van der Waals surface area contributed by atoms with Gasteiger partial charge in [-0.25, -0.2) is 9.78 Å². The van der Waals surface area contributed by atoms with Gasteiger partial charge < -0.3 is 10.1 Å². The SMILES string of the molecule is C[C@H](NC(=O)OC(C)(C)C)C(=O)N(C)c1nccs1. The summed E-state index contributed by atoms with van der Waals surface area (Å²) in [5.74, 6) is -0.249. The van der Waals surface area contributed by atoms with Crippen LogP contribution in [0.3, 0.4) is 0 Å². The number of thiazole rings is 1. The minimum atomic E-state index is -0.677. The van der Waals surface area contributed by atoms with Crippen molar-refractivity contribution in [3.8, 4) is 0 Å². The van der Waals surface area contributed by atoms with Gasteiger partial charge in [-0.3, -0.25) is 9.69 Å². The van der Waals surface area contributed by atoms with Gasteiger partial charge in [-0.1, -0.05) is 0 Å². The van der Waals surface area contributed by atoms with E-state index in [1.807, 2.05) is 0 Å². The highest BCUT2D eigenvalue weighted by molar-refractivity contribution is 7.13. The average molecular weight is 285 g/mol. The minimum absolute atomic E-state index is 0.249. The molecule has 0 aliphatic carbocycles. The predicted molar refractivity (Wildman–Crippen MR) is 74.4 cm³/mol. The molecule has 19 heavy (non-hydrogen) atoms. The molecule has 1 aromatic rings. The van der Waals surface area contributed by atoms with Gasteiger partial charge >= 0.3 is 6.09 Å². The minimum Gasteiger partial charge on any atom is -0.444 e. The van der Waals surface area contributed by atoms with Gasteiger partial charge in [0.25, 0.3) is 5.91 Å². The molecule has 0 saturated heterocycles. The molecule has 1 rings (SSSR count). The zero-order valence-corrected chi connectivity index (χ0v) is 12.6. The van der Waals surface area contributed by atoms with Crippen molar-refractivity contribution in [2.75, 3.05) is 11.9 Å². The van der Waals surface area contributed by atoms with Crippen molar-refractivity contribution in [1.29, 1.82) is 0 Å². The fourth-order valence-corrected chi connectivity index (χ4v) is 1.93. The highest BCUT2D eigenvalue weighted by atomic mass is 32.1. The number of likely N-dealkylation sites (N-methyl/N-ethyl adjacent to an activating group) is 1. The van der Waals surface area contributed by atoms with Gasteiger partial charge in [-0.05, 0) is 27.7 Å². The lowest BCUT2D eigenvalue weighted by Gasteiger charge is -2.23. The molecular formula is C12H19N3O3S. The molecule has 1 N–H and O–H groups in total. The first-order valence-corrected chi connectivity index (χ1v) is 6.75. The Kier molecular flexibility index (Phi) is 4.88. The number of aromatic nitrogens is 1. The van der Waals surface area contributed by atoms with Gasteiger partial charge in [0.05, 0.1) is 0 Å². The Balaban J connectivity index is 2.56. The molecule has 6 nitrogen and oxygen atoms in total. The van der Waals surface area contributed by atoms with E-state index in [0.29, 0.717) is 5.13 Å². The lowest BCUT2D eigenvalue weighted by Crippen LogP contribution is -2.47. The first kappa shape index (κ1) is 15.4. The lowest BCUT2D eigenvalue weighted by atomic mass is 10.2. The Bertz CT molecular complexity index is 440. The average Bonchev–Trinajstić information content (AvgIpc) is 2.77. The molecule has 1 heterocycles. The van der Waals surface area contributed by atoms with Gasteiger partial charge in [-0.2, -0.15) is 0 Å². The van der Waals surface area contributed by atoms with Crippen molar-refractivity contribution in [3.05, 3.63) is 11.6 Å². The van der Waals surface area contributed by atoms with E-state index in [1.54, 1.807) is 46.3 Å². The van der Waals surface area contributed by atoms with Gasteiger partial charge in [0.2, 0.25) is 0 Å². The fourth-order valence-electron chi connectivity index (χ4n) is 1.31. The number of carbonyl (C=O) groups is 2. The number of hydrogen-bond acceptors (Lipinski definition) is 5. The molecule has 0 spiro atoms. The first-order chi connectivity index (χ1) is 8.70. The van der Waals surface area contributed by atoms with E-state index in [9.17, 15) is 9.59 Å². The molecule has 0 aliphatic heterocycles. The third-order valence-corrected chi connectivity index (χ3v) is 2.99. The molecule has 0 unspecified atom stereocenters. The third-order valence-electron chi connectivity index (χ3n) is 2.14. The molecule has 0 saturated carbocycles. The lowest BCUT2D eigenvalue weighted by molar-refractivity contribution is -0.120. The molecule has 0 aromatic carbocycles. The Morgan fingerprint density at radius 2 is 2.11 bits per heavy atom. The molecule has 0 fully saturated rings. The normalized spacial score (nSPS) is 12.7. The number of rotatable bonds is 3. The number of hydrogen-bond donors (Lipinski definition) is 1. The monoisotopic (exact) mass is 285 g/mol. The highest BCUT2D eigenvalue weighted by Crippen LogP contribution is 2.16. The van der Waals surface area contributed by atoms with Crippen LogP contribution < -0.4 is 10.2 Å². The van der Waals surface area contributed by atoms with Crippen LogP contribution in [0, 0.1) is 0 Å². The van der Waals surface area contributed by atoms with E-state index in [1.165, 1.54) is 16.2 Å². The quantitative estimate of drug-likeness (QED) is 0.922. The number of nitrogens with zero attached hydrogens (tertiary/aromatic N) is 2. The highest BCUT2D eigenvalue weighted by Gasteiger charge is 2.24. The zero-order valence-electron chi connectivity index (χ0n) is 11.8. The van der Waals surface area contributed by atoms with E-state index >= 15 is 0 Å². The molecule has 0 radical (unpaired) electrons. The summed E-state index contributed by atoms with van der Waals surface area (Å²) in [5, 5.41) is 4.87. The van der Waals surface area contributed by atoms with E-state index in [-0.39, 0.29) is 5.91 Å². The second-order valence-corrected chi connectivity index (χ2v) is 5.95. The van der Waals surface area contributed by atoms with Gasteiger partial charge in [0, 0.05) is 18.6 Å². The molecular weight excluding hydrogens is 266 g/mol. The summed E-state index contributed by atoms with van der Waals surface area (Å²) in [5.41, 5.74) is -0.589. The number of alkyl carbamates (subject to hydrolysis) is 1. The molecule has 0 bridgehead atoms. The topological polar surface area (TPSA) is 71.5 Å². The first-order valence-electron chi connectivity index (χ1n) is 5.87. The maximum absolute atomic E-state index is 12.1. The Hall–Kier alpha value is -1.63. The number of ether oxygens (including phenoxy) is 1. The van der Waals surface area contributed by atoms with E-state index in [2.05, 4.69) is 10.3 Å². The van der Waals surface area contributed by atoms with Crippen LogP contribution in [0.25, 0.3) is 0 Å². The van der Waals surface area contributed by atoms with Crippen molar-refractivity contribution < 1.29 is 14.3 Å². The Labute approximate surface area is 116 Å². The fraction of sp³-hybridized carbons (Fsp3) is 0.583. The summed E-state index contributed by atoms with van der Waals surface area (Å²) in [6, 6.07) is -0.677. The van der Waals surface area contributed by atoms with Crippen LogP contribution in [0.1, 0.15) is 27.7 Å². The van der Waals surface area contributed by atoms with Crippen LogP contribution in [0.5, 0.6) is 0 Å². The largest absolute Gasteiger partial charge is 0.444 e. The standard InChI is InChI=1S/C12H19N3O3S/c1-8(14-11(17)18-12(2,3)4)9(16)15(5)10-13-6-7-19-10/h6-8H,1-5H3,(H,14,17)/t8-/m0/s1. The number of amides is 2. The molecule has 2 amide bonds. The van der Waals surface area contributed by atoms with Crippen molar-refractivity contribution in [1.82, 2.24) is 10.3 Å². The van der Waals surface area contributed by atoms with Gasteiger partial charge in [0.15, 0.2) is 5.13 Å². The molecule has 0 aliphatic rings. The second kappa shape index (κ2) is 6.01. The van der Waals surface area contributed by atoms with E-state index in [0.717, 1.165) is 0 Å².